The molecule has 0 aliphatic carbocycles. The summed E-state index contributed by atoms with van der Waals surface area (Å²) in [5.74, 6) is -2.07. The first-order valence-corrected chi connectivity index (χ1v) is 11.1. The smallest absolute Gasteiger partial charge is 0.327 e. The fourth-order valence-corrected chi connectivity index (χ4v) is 4.84. The number of hydrogen-bond acceptors (Lipinski definition) is 7. The summed E-state index contributed by atoms with van der Waals surface area (Å²) in [5, 5.41) is 0. The molecule has 0 saturated carbocycles. The van der Waals surface area contributed by atoms with E-state index in [0.29, 0.717) is 11.4 Å². The molecular weight excluding hydrogens is 440 g/mol. The van der Waals surface area contributed by atoms with Gasteiger partial charge in [-0.1, -0.05) is 30.3 Å². The molecule has 9 nitrogen and oxygen atoms in total. The summed E-state index contributed by atoms with van der Waals surface area (Å²) >= 11 is 0. The van der Waals surface area contributed by atoms with Gasteiger partial charge in [-0.3, -0.25) is 19.3 Å². The van der Waals surface area contributed by atoms with E-state index in [9.17, 15) is 14.4 Å². The number of anilines is 1. The van der Waals surface area contributed by atoms with Gasteiger partial charge in [0.1, 0.15) is 24.4 Å². The quantitative estimate of drug-likeness (QED) is 0.377. The Morgan fingerprint density at radius 1 is 1.00 bits per heavy atom. The normalized spacial score (nSPS) is 28.1. The average Bonchev–Trinajstić information content (AvgIpc) is 3.18. The Balaban J connectivity index is 1.52. The van der Waals surface area contributed by atoms with Crippen molar-refractivity contribution in [2.24, 2.45) is 0 Å². The topological polar surface area (TPSA) is 94.6 Å². The highest BCUT2D eigenvalue weighted by Gasteiger charge is 2.75. The number of esters is 1. The van der Waals surface area contributed by atoms with Crippen LogP contribution in [0.5, 0.6) is 5.75 Å². The van der Waals surface area contributed by atoms with E-state index in [1.165, 1.54) is 9.80 Å². The minimum atomic E-state index is -2.00. The highest BCUT2D eigenvalue weighted by Crippen LogP contribution is 2.46. The van der Waals surface area contributed by atoms with Crippen molar-refractivity contribution in [2.75, 3.05) is 25.2 Å². The van der Waals surface area contributed by atoms with Crippen LogP contribution in [0.2, 0.25) is 0 Å². The van der Waals surface area contributed by atoms with Crippen LogP contribution in [-0.2, 0) is 35.1 Å². The zero-order valence-corrected chi connectivity index (χ0v) is 19.2. The zero-order valence-electron chi connectivity index (χ0n) is 19.2. The molecule has 3 aliphatic rings. The number of rotatable bonds is 5. The second-order valence-corrected chi connectivity index (χ2v) is 9.04. The molecule has 178 valence electrons. The summed E-state index contributed by atoms with van der Waals surface area (Å²) in [6.07, 6.45) is -0.678. The molecule has 1 spiro atoms. The van der Waals surface area contributed by atoms with Crippen LogP contribution in [0.1, 0.15) is 19.4 Å². The number of benzene rings is 2. The number of β-lactam (4-membered cyclic amide) rings is 1. The SMILES string of the molecule is COc1ccc(N2C(=O)C3(OC(=O)CN(Cc4ccccc4)C3=O)[C@@H]2[C@H]2COC(C)(C)O2)cc1. The molecule has 3 atom stereocenters. The number of carbonyl (C=O) groups is 3. The predicted octanol–water partition coefficient (Wildman–Crippen LogP) is 1.89. The molecule has 5 rings (SSSR count). The summed E-state index contributed by atoms with van der Waals surface area (Å²) in [7, 11) is 1.55. The van der Waals surface area contributed by atoms with Gasteiger partial charge < -0.3 is 23.8 Å². The Labute approximate surface area is 197 Å². The summed E-state index contributed by atoms with van der Waals surface area (Å²) in [6.45, 7) is 3.61. The standard InChI is InChI=1S/C25H26N2O7/c1-24(2)32-15-19(33-24)21-25(23(30)27(21)17-9-11-18(31-3)12-10-17)22(29)26(14-20(28)34-25)13-16-7-5-4-6-8-16/h4-12,19,21H,13-15H2,1-3H3/t19-,21+,25?/m1/s1. The number of ether oxygens (including phenoxy) is 4. The molecule has 34 heavy (non-hydrogen) atoms. The lowest BCUT2D eigenvalue weighted by atomic mass is 9.76. The summed E-state index contributed by atoms with van der Waals surface area (Å²) in [5.41, 5.74) is -0.616. The van der Waals surface area contributed by atoms with Crippen LogP contribution in [0, 0.1) is 0 Å². The van der Waals surface area contributed by atoms with Gasteiger partial charge >= 0.3 is 5.97 Å². The lowest BCUT2D eigenvalue weighted by Crippen LogP contribution is -2.85. The fraction of sp³-hybridized carbons (Fsp3) is 0.400. The summed E-state index contributed by atoms with van der Waals surface area (Å²) in [4.78, 5) is 43.0. The van der Waals surface area contributed by atoms with Gasteiger partial charge in [-0.05, 0) is 43.7 Å². The maximum Gasteiger partial charge on any atom is 0.327 e. The van der Waals surface area contributed by atoms with E-state index in [2.05, 4.69) is 0 Å². The van der Waals surface area contributed by atoms with Crippen LogP contribution < -0.4 is 9.64 Å². The van der Waals surface area contributed by atoms with Gasteiger partial charge in [-0.25, -0.2) is 0 Å². The Kier molecular flexibility index (Phi) is 5.33. The maximum atomic E-state index is 13.8. The molecule has 2 aromatic carbocycles. The van der Waals surface area contributed by atoms with Gasteiger partial charge in [0.2, 0.25) is 0 Å². The minimum absolute atomic E-state index is 0.142. The molecule has 2 aromatic rings. The molecule has 3 heterocycles. The van der Waals surface area contributed by atoms with Crippen LogP contribution in [0.25, 0.3) is 0 Å². The van der Waals surface area contributed by atoms with Crippen molar-refractivity contribution in [1.29, 1.82) is 0 Å². The molecule has 9 heteroatoms. The number of carbonyl (C=O) groups excluding carboxylic acids is 3. The van der Waals surface area contributed by atoms with E-state index in [1.54, 1.807) is 45.2 Å². The second-order valence-electron chi connectivity index (χ2n) is 9.04. The van der Waals surface area contributed by atoms with Crippen LogP contribution in [0.4, 0.5) is 5.69 Å². The van der Waals surface area contributed by atoms with Crippen LogP contribution in [0.3, 0.4) is 0 Å². The van der Waals surface area contributed by atoms with Crippen LogP contribution in [-0.4, -0.2) is 66.5 Å². The molecule has 2 amide bonds. The van der Waals surface area contributed by atoms with Crippen molar-refractivity contribution < 1.29 is 33.3 Å². The van der Waals surface area contributed by atoms with E-state index in [-0.39, 0.29) is 19.7 Å². The highest BCUT2D eigenvalue weighted by atomic mass is 16.7. The Morgan fingerprint density at radius 2 is 1.71 bits per heavy atom. The largest absolute Gasteiger partial charge is 0.497 e. The summed E-state index contributed by atoms with van der Waals surface area (Å²) < 4.78 is 22.6. The average molecular weight is 466 g/mol. The Morgan fingerprint density at radius 3 is 2.32 bits per heavy atom. The number of hydrogen-bond donors (Lipinski definition) is 0. The van der Waals surface area contributed by atoms with Gasteiger partial charge in [0.15, 0.2) is 5.79 Å². The first-order chi connectivity index (χ1) is 16.2. The Bertz CT molecular complexity index is 1120. The first kappa shape index (κ1) is 22.4. The van der Waals surface area contributed by atoms with Gasteiger partial charge in [0.25, 0.3) is 17.4 Å². The third-order valence-corrected chi connectivity index (χ3v) is 6.38. The second kappa shape index (κ2) is 8.11. The third-order valence-electron chi connectivity index (χ3n) is 6.38. The number of methoxy groups -OCH3 is 1. The van der Waals surface area contributed by atoms with E-state index in [4.69, 9.17) is 18.9 Å². The third kappa shape index (κ3) is 3.52. The van der Waals surface area contributed by atoms with Crippen molar-refractivity contribution in [1.82, 2.24) is 4.90 Å². The van der Waals surface area contributed by atoms with E-state index in [0.717, 1.165) is 5.56 Å². The molecule has 0 aromatic heterocycles. The number of morpholine rings is 1. The van der Waals surface area contributed by atoms with Crippen LogP contribution in [0.15, 0.2) is 54.6 Å². The molecular formula is C25H26N2O7. The molecule has 1 unspecified atom stereocenters. The van der Waals surface area contributed by atoms with E-state index < -0.39 is 41.3 Å². The van der Waals surface area contributed by atoms with Gasteiger partial charge in [-0.15, -0.1) is 0 Å². The molecule has 3 fully saturated rings. The molecule has 0 radical (unpaired) electrons. The first-order valence-electron chi connectivity index (χ1n) is 11.1. The Hall–Kier alpha value is -3.43. The van der Waals surface area contributed by atoms with Crippen molar-refractivity contribution in [3.8, 4) is 5.75 Å². The zero-order chi connectivity index (χ0) is 24.1. The van der Waals surface area contributed by atoms with E-state index in [1.807, 2.05) is 30.3 Å². The molecule has 3 aliphatic heterocycles. The monoisotopic (exact) mass is 466 g/mol. The lowest BCUT2D eigenvalue weighted by molar-refractivity contribution is -0.209. The molecule has 3 saturated heterocycles. The van der Waals surface area contributed by atoms with Crippen molar-refractivity contribution in [3.05, 3.63) is 60.2 Å². The summed E-state index contributed by atoms with van der Waals surface area (Å²) in [6, 6.07) is 15.3. The number of amides is 2. The van der Waals surface area contributed by atoms with Gasteiger partial charge in [0.05, 0.1) is 13.7 Å². The predicted molar refractivity (Wildman–Crippen MR) is 120 cm³/mol. The fourth-order valence-electron chi connectivity index (χ4n) is 4.84. The van der Waals surface area contributed by atoms with Crippen LogP contribution >= 0.6 is 0 Å². The van der Waals surface area contributed by atoms with Crippen molar-refractivity contribution in [3.63, 3.8) is 0 Å². The van der Waals surface area contributed by atoms with Gasteiger partial charge in [-0.2, -0.15) is 0 Å². The van der Waals surface area contributed by atoms with E-state index >= 15 is 0 Å². The van der Waals surface area contributed by atoms with Gasteiger partial charge in [0, 0.05) is 12.2 Å². The number of nitrogens with zero attached hydrogens (tertiary/aromatic N) is 2. The molecule has 0 bridgehead atoms. The molecule has 0 N–H and O–H groups in total. The maximum absolute atomic E-state index is 13.8. The van der Waals surface area contributed by atoms with Crippen molar-refractivity contribution >= 4 is 23.5 Å². The lowest BCUT2D eigenvalue weighted by Gasteiger charge is -2.57. The highest BCUT2D eigenvalue weighted by molar-refractivity contribution is 6.24. The van der Waals surface area contributed by atoms with Crippen molar-refractivity contribution in [2.45, 2.75) is 43.9 Å². The minimum Gasteiger partial charge on any atom is -0.497 e.